The molecule has 0 bridgehead atoms. The molecule has 3 aromatic rings. The maximum Gasteiger partial charge on any atom is 0.264 e. The monoisotopic (exact) mass is 579 g/mol. The number of methoxy groups -OCH3 is 1. The largest absolute Gasteiger partial charge is 0.497 e. The Morgan fingerprint density at radius 3 is 2.12 bits per heavy atom. The van der Waals surface area contributed by atoms with Crippen LogP contribution in [-0.2, 0) is 26.2 Å². The van der Waals surface area contributed by atoms with E-state index >= 15 is 0 Å². The van der Waals surface area contributed by atoms with Crippen molar-refractivity contribution in [1.29, 1.82) is 0 Å². The number of carbonyl (C=O) groups is 2. The van der Waals surface area contributed by atoms with E-state index in [4.69, 9.17) is 4.74 Å². The molecule has 0 aromatic heterocycles. The second kappa shape index (κ2) is 13.2. The van der Waals surface area contributed by atoms with Crippen molar-refractivity contribution >= 4 is 27.5 Å². The van der Waals surface area contributed by atoms with Gasteiger partial charge in [-0.2, -0.15) is 0 Å². The SMILES string of the molecule is CCC(C(=O)NC(C)(C)C)N(Cc1ccc(OC)cc1)C(=O)CN(c1ccc(C)cc1C)S(=O)(=O)c1ccccc1. The first-order valence-electron chi connectivity index (χ1n) is 13.7. The molecule has 41 heavy (non-hydrogen) atoms. The van der Waals surface area contributed by atoms with Crippen LogP contribution in [0.25, 0.3) is 0 Å². The molecule has 0 spiro atoms. The fourth-order valence-corrected chi connectivity index (χ4v) is 6.12. The number of hydrogen-bond acceptors (Lipinski definition) is 5. The van der Waals surface area contributed by atoms with Gasteiger partial charge in [0.15, 0.2) is 0 Å². The standard InChI is InChI=1S/C32H41N3O5S/c1-8-28(31(37)33-32(4,5)6)34(21-25-15-17-26(40-7)18-16-25)30(36)22-35(29-19-14-23(2)20-24(29)3)41(38,39)27-12-10-9-11-13-27/h9-20,28H,8,21-22H2,1-7H3,(H,33,37). The summed E-state index contributed by atoms with van der Waals surface area (Å²) < 4.78 is 34.4. The summed E-state index contributed by atoms with van der Waals surface area (Å²) in [7, 11) is -2.54. The summed E-state index contributed by atoms with van der Waals surface area (Å²) in [6.45, 7) is 10.9. The van der Waals surface area contributed by atoms with Crippen molar-refractivity contribution in [3.8, 4) is 5.75 Å². The smallest absolute Gasteiger partial charge is 0.264 e. The number of hydrogen-bond donors (Lipinski definition) is 1. The molecule has 0 heterocycles. The number of aryl methyl sites for hydroxylation is 2. The van der Waals surface area contributed by atoms with Crippen molar-refractivity contribution < 1.29 is 22.7 Å². The highest BCUT2D eigenvalue weighted by molar-refractivity contribution is 7.92. The van der Waals surface area contributed by atoms with E-state index in [0.717, 1.165) is 21.0 Å². The molecular formula is C32H41N3O5S. The molecule has 1 atom stereocenters. The minimum absolute atomic E-state index is 0.0759. The summed E-state index contributed by atoms with van der Waals surface area (Å²) in [6.07, 6.45) is 0.346. The number of benzene rings is 3. The van der Waals surface area contributed by atoms with Crippen LogP contribution >= 0.6 is 0 Å². The molecule has 0 saturated heterocycles. The Hall–Kier alpha value is -3.85. The first-order chi connectivity index (χ1) is 19.3. The number of rotatable bonds is 11. The number of nitrogens with zero attached hydrogens (tertiary/aromatic N) is 2. The Morgan fingerprint density at radius 1 is 0.951 bits per heavy atom. The van der Waals surface area contributed by atoms with Gasteiger partial charge < -0.3 is 15.0 Å². The maximum absolute atomic E-state index is 14.2. The summed E-state index contributed by atoms with van der Waals surface area (Å²) in [5.74, 6) is -0.124. The summed E-state index contributed by atoms with van der Waals surface area (Å²) in [6, 6.07) is 19.9. The van der Waals surface area contributed by atoms with Crippen molar-refractivity contribution in [2.75, 3.05) is 18.0 Å². The fourth-order valence-electron chi connectivity index (χ4n) is 4.62. The Balaban J connectivity index is 2.09. The van der Waals surface area contributed by atoms with Gasteiger partial charge in [-0.25, -0.2) is 8.42 Å². The van der Waals surface area contributed by atoms with E-state index in [9.17, 15) is 18.0 Å². The van der Waals surface area contributed by atoms with Gasteiger partial charge in [0.2, 0.25) is 11.8 Å². The van der Waals surface area contributed by atoms with Gasteiger partial charge in [0, 0.05) is 12.1 Å². The number of sulfonamides is 1. The van der Waals surface area contributed by atoms with Crippen molar-refractivity contribution in [3.63, 3.8) is 0 Å². The van der Waals surface area contributed by atoms with E-state index in [0.29, 0.717) is 17.9 Å². The highest BCUT2D eigenvalue weighted by atomic mass is 32.2. The van der Waals surface area contributed by atoms with Crippen LogP contribution < -0.4 is 14.4 Å². The molecule has 220 valence electrons. The van der Waals surface area contributed by atoms with Gasteiger partial charge in [-0.1, -0.05) is 55.0 Å². The molecule has 3 aromatic carbocycles. The van der Waals surface area contributed by atoms with Crippen LogP contribution in [0.3, 0.4) is 0 Å². The van der Waals surface area contributed by atoms with Gasteiger partial charge in [-0.05, 0) is 82.5 Å². The zero-order valence-corrected chi connectivity index (χ0v) is 25.8. The number of nitrogens with one attached hydrogen (secondary N) is 1. The molecule has 2 amide bonds. The quantitative estimate of drug-likeness (QED) is 0.336. The lowest BCUT2D eigenvalue weighted by Crippen LogP contribution is -2.55. The third-order valence-corrected chi connectivity index (χ3v) is 8.40. The highest BCUT2D eigenvalue weighted by Crippen LogP contribution is 2.28. The van der Waals surface area contributed by atoms with E-state index in [1.165, 1.54) is 17.0 Å². The molecule has 1 unspecified atom stereocenters. The normalized spacial score (nSPS) is 12.4. The second-order valence-corrected chi connectivity index (χ2v) is 13.0. The summed E-state index contributed by atoms with van der Waals surface area (Å²) in [5.41, 5.74) is 2.37. The molecule has 0 saturated carbocycles. The summed E-state index contributed by atoms with van der Waals surface area (Å²) >= 11 is 0. The second-order valence-electron chi connectivity index (χ2n) is 11.1. The van der Waals surface area contributed by atoms with E-state index < -0.39 is 34.1 Å². The Bertz CT molecular complexity index is 1450. The molecule has 0 fully saturated rings. The number of ether oxygens (including phenoxy) is 1. The predicted octanol–water partition coefficient (Wildman–Crippen LogP) is 5.23. The average Bonchev–Trinajstić information content (AvgIpc) is 2.91. The van der Waals surface area contributed by atoms with Crippen LogP contribution in [0, 0.1) is 13.8 Å². The van der Waals surface area contributed by atoms with Crippen molar-refractivity contribution in [2.24, 2.45) is 0 Å². The van der Waals surface area contributed by atoms with Gasteiger partial charge in [-0.3, -0.25) is 13.9 Å². The first-order valence-corrected chi connectivity index (χ1v) is 15.1. The molecule has 0 aliphatic carbocycles. The third kappa shape index (κ3) is 8.10. The third-order valence-electron chi connectivity index (χ3n) is 6.63. The predicted molar refractivity (Wildman–Crippen MR) is 162 cm³/mol. The number of carbonyl (C=O) groups excluding carboxylic acids is 2. The van der Waals surface area contributed by atoms with Crippen LogP contribution in [0.1, 0.15) is 50.8 Å². The zero-order valence-electron chi connectivity index (χ0n) is 25.0. The molecule has 0 aliphatic heterocycles. The molecule has 3 rings (SSSR count). The molecule has 1 N–H and O–H groups in total. The molecule has 0 radical (unpaired) electrons. The minimum atomic E-state index is -4.11. The van der Waals surface area contributed by atoms with Gasteiger partial charge in [-0.15, -0.1) is 0 Å². The lowest BCUT2D eigenvalue weighted by molar-refractivity contribution is -0.141. The van der Waals surface area contributed by atoms with Crippen molar-refractivity contribution in [1.82, 2.24) is 10.2 Å². The molecule has 8 nitrogen and oxygen atoms in total. The first kappa shape index (κ1) is 31.7. The van der Waals surface area contributed by atoms with Crippen molar-refractivity contribution in [2.45, 2.75) is 71.0 Å². The fraction of sp³-hybridized carbons (Fsp3) is 0.375. The topological polar surface area (TPSA) is 96.0 Å². The highest BCUT2D eigenvalue weighted by Gasteiger charge is 2.35. The summed E-state index contributed by atoms with van der Waals surface area (Å²) in [5, 5.41) is 2.98. The number of amides is 2. The lowest BCUT2D eigenvalue weighted by atomic mass is 10.1. The average molecular weight is 580 g/mol. The van der Waals surface area contributed by atoms with E-state index in [-0.39, 0.29) is 17.3 Å². The Kier molecular flexibility index (Phi) is 10.2. The van der Waals surface area contributed by atoms with Crippen LogP contribution in [0.5, 0.6) is 5.75 Å². The lowest BCUT2D eigenvalue weighted by Gasteiger charge is -2.35. The van der Waals surface area contributed by atoms with Crippen molar-refractivity contribution in [3.05, 3.63) is 89.5 Å². The van der Waals surface area contributed by atoms with Crippen LogP contribution in [0.4, 0.5) is 5.69 Å². The zero-order chi connectivity index (χ0) is 30.4. The van der Waals surface area contributed by atoms with E-state index in [1.807, 2.05) is 65.8 Å². The Morgan fingerprint density at radius 2 is 1.59 bits per heavy atom. The van der Waals surface area contributed by atoms with Gasteiger partial charge in [0.05, 0.1) is 17.7 Å². The van der Waals surface area contributed by atoms with Crippen LogP contribution in [0.15, 0.2) is 77.7 Å². The molecular weight excluding hydrogens is 538 g/mol. The molecule has 0 aliphatic rings. The number of anilines is 1. The maximum atomic E-state index is 14.2. The molecule has 9 heteroatoms. The van der Waals surface area contributed by atoms with Gasteiger partial charge in [0.25, 0.3) is 10.0 Å². The Labute approximate surface area is 244 Å². The van der Waals surface area contributed by atoms with E-state index in [1.54, 1.807) is 43.5 Å². The minimum Gasteiger partial charge on any atom is -0.497 e. The van der Waals surface area contributed by atoms with Crippen LogP contribution in [0.2, 0.25) is 0 Å². The summed E-state index contributed by atoms with van der Waals surface area (Å²) in [4.78, 5) is 29.2. The van der Waals surface area contributed by atoms with Crippen LogP contribution in [-0.4, -0.2) is 50.4 Å². The van der Waals surface area contributed by atoms with Gasteiger partial charge >= 0.3 is 0 Å². The van der Waals surface area contributed by atoms with E-state index in [2.05, 4.69) is 5.32 Å². The van der Waals surface area contributed by atoms with Gasteiger partial charge in [0.1, 0.15) is 18.3 Å².